The van der Waals surface area contributed by atoms with Crippen LogP contribution in [-0.2, 0) is 21.5 Å². The van der Waals surface area contributed by atoms with E-state index in [4.69, 9.17) is 5.26 Å². The summed E-state index contributed by atoms with van der Waals surface area (Å²) < 4.78 is 0. The van der Waals surface area contributed by atoms with Crippen LogP contribution in [0.5, 0.6) is 0 Å². The zero-order valence-corrected chi connectivity index (χ0v) is 22.5. The van der Waals surface area contributed by atoms with Gasteiger partial charge >= 0.3 is 0 Å². The van der Waals surface area contributed by atoms with Crippen LogP contribution < -0.4 is 10.2 Å². The van der Waals surface area contributed by atoms with E-state index < -0.39 is 6.04 Å². The summed E-state index contributed by atoms with van der Waals surface area (Å²) in [6.07, 6.45) is 11.5. The first-order valence-corrected chi connectivity index (χ1v) is 12.8. The topological polar surface area (TPSA) is 102 Å². The molecule has 8 heteroatoms. The molecular formula is C30H36N6O2. The van der Waals surface area contributed by atoms with Crippen LogP contribution in [0.25, 0.3) is 0 Å². The minimum Gasteiger partial charge on any atom is -0.359 e. The highest BCUT2D eigenvalue weighted by Crippen LogP contribution is 2.29. The number of nitriles is 1. The summed E-state index contributed by atoms with van der Waals surface area (Å²) in [5.41, 5.74) is 4.18. The third-order valence-electron chi connectivity index (χ3n) is 6.58. The number of anilines is 1. The second-order valence-electron chi connectivity index (χ2n) is 10.3. The number of pyridine rings is 2. The highest BCUT2D eigenvalue weighted by Gasteiger charge is 2.26. The van der Waals surface area contributed by atoms with Crippen molar-refractivity contribution in [1.29, 1.82) is 5.26 Å². The van der Waals surface area contributed by atoms with Crippen molar-refractivity contribution < 1.29 is 9.59 Å². The van der Waals surface area contributed by atoms with Gasteiger partial charge in [0.1, 0.15) is 12.3 Å². The summed E-state index contributed by atoms with van der Waals surface area (Å²) in [5.74, 6) is -0.0720. The summed E-state index contributed by atoms with van der Waals surface area (Å²) >= 11 is 0. The minimum absolute atomic E-state index is 0.0720. The van der Waals surface area contributed by atoms with E-state index in [1.165, 1.54) is 10.5 Å². The molecule has 0 saturated carbocycles. The number of hydrogen-bond donors (Lipinski definition) is 1. The van der Waals surface area contributed by atoms with Gasteiger partial charge in [-0.05, 0) is 59.7 Å². The first kappa shape index (κ1) is 28.3. The SMILES string of the molecule is CN(c1ccc(C(C)(C)C)cc1)C(C(=O)NCc1ccncc1)c1cccnc1.N#CN1CCCC1C=O. The minimum atomic E-state index is -0.481. The van der Waals surface area contributed by atoms with Gasteiger partial charge in [-0.1, -0.05) is 39.0 Å². The van der Waals surface area contributed by atoms with Gasteiger partial charge < -0.3 is 19.9 Å². The maximum Gasteiger partial charge on any atom is 0.247 e. The Morgan fingerprint density at radius 2 is 1.87 bits per heavy atom. The highest BCUT2D eigenvalue weighted by atomic mass is 16.2. The van der Waals surface area contributed by atoms with Crippen LogP contribution in [0.4, 0.5) is 5.69 Å². The number of carbonyl (C=O) groups excluding carboxylic acids is 2. The van der Waals surface area contributed by atoms with Gasteiger partial charge in [0.15, 0.2) is 6.19 Å². The van der Waals surface area contributed by atoms with Crippen LogP contribution in [0.1, 0.15) is 56.3 Å². The number of amides is 1. The molecule has 1 saturated heterocycles. The van der Waals surface area contributed by atoms with Crippen molar-refractivity contribution in [1.82, 2.24) is 20.2 Å². The molecule has 1 amide bonds. The van der Waals surface area contributed by atoms with Crippen LogP contribution in [-0.4, -0.2) is 46.7 Å². The van der Waals surface area contributed by atoms with Gasteiger partial charge in [-0.15, -0.1) is 0 Å². The number of nitrogens with one attached hydrogen (secondary N) is 1. The summed E-state index contributed by atoms with van der Waals surface area (Å²) in [6.45, 7) is 7.78. The molecule has 1 fully saturated rings. The second kappa shape index (κ2) is 13.3. The van der Waals surface area contributed by atoms with Crippen LogP contribution in [0.2, 0.25) is 0 Å². The number of aromatic nitrogens is 2. The molecule has 38 heavy (non-hydrogen) atoms. The largest absolute Gasteiger partial charge is 0.359 e. The molecule has 2 aromatic heterocycles. The van der Waals surface area contributed by atoms with Gasteiger partial charge in [0.25, 0.3) is 0 Å². The quantitative estimate of drug-likeness (QED) is 0.370. The zero-order chi connectivity index (χ0) is 27.5. The van der Waals surface area contributed by atoms with Crippen LogP contribution in [0, 0.1) is 11.5 Å². The lowest BCUT2D eigenvalue weighted by molar-refractivity contribution is -0.122. The maximum atomic E-state index is 13.2. The summed E-state index contributed by atoms with van der Waals surface area (Å²) in [6, 6.07) is 15.4. The summed E-state index contributed by atoms with van der Waals surface area (Å²) in [7, 11) is 1.94. The standard InChI is InChI=1S/C24H28N4O.C6H8N2O/c1-24(2,3)20-7-9-21(10-8-20)28(4)22(19-6-5-13-26-17-19)23(29)27-16-18-11-14-25-15-12-18;7-5-8-3-1-2-6(8)4-9/h5-15,17,22H,16H2,1-4H3,(H,27,29);4,6H,1-3H2. The Labute approximate surface area is 225 Å². The molecule has 0 spiro atoms. The van der Waals surface area contributed by atoms with Crippen molar-refractivity contribution in [2.75, 3.05) is 18.5 Å². The summed E-state index contributed by atoms with van der Waals surface area (Å²) in [4.78, 5) is 35.1. The third kappa shape index (κ3) is 7.62. The monoisotopic (exact) mass is 512 g/mol. The van der Waals surface area contributed by atoms with Crippen molar-refractivity contribution >= 4 is 17.9 Å². The first-order chi connectivity index (χ1) is 18.2. The van der Waals surface area contributed by atoms with Gasteiger partial charge in [0.2, 0.25) is 5.91 Å². The van der Waals surface area contributed by atoms with Gasteiger partial charge in [-0.25, -0.2) is 0 Å². The molecule has 8 nitrogen and oxygen atoms in total. The number of rotatable bonds is 7. The van der Waals surface area contributed by atoms with Crippen molar-refractivity contribution in [2.24, 2.45) is 0 Å². The average molecular weight is 513 g/mol. The van der Waals surface area contributed by atoms with Gasteiger partial charge in [-0.3, -0.25) is 14.8 Å². The highest BCUT2D eigenvalue weighted by molar-refractivity contribution is 5.86. The Hall–Kier alpha value is -4.25. The third-order valence-corrected chi connectivity index (χ3v) is 6.58. The van der Waals surface area contributed by atoms with Crippen LogP contribution >= 0.6 is 0 Å². The predicted molar refractivity (Wildman–Crippen MR) is 148 cm³/mol. The van der Waals surface area contributed by atoms with E-state index >= 15 is 0 Å². The van der Waals surface area contributed by atoms with Crippen LogP contribution in [0.3, 0.4) is 0 Å². The van der Waals surface area contributed by atoms with E-state index in [0.29, 0.717) is 6.54 Å². The summed E-state index contributed by atoms with van der Waals surface area (Å²) in [5, 5.41) is 11.4. The van der Waals surface area contributed by atoms with Crippen molar-refractivity contribution in [2.45, 2.75) is 57.7 Å². The number of likely N-dealkylation sites (tertiary alicyclic amines) is 1. The zero-order valence-electron chi connectivity index (χ0n) is 22.5. The van der Waals surface area contributed by atoms with Gasteiger partial charge in [-0.2, -0.15) is 5.26 Å². The number of hydrogen-bond acceptors (Lipinski definition) is 7. The molecule has 1 N–H and O–H groups in total. The molecular weight excluding hydrogens is 476 g/mol. The number of carbonyl (C=O) groups is 2. The average Bonchev–Trinajstić information content (AvgIpc) is 3.41. The molecule has 0 radical (unpaired) electrons. The fourth-order valence-electron chi connectivity index (χ4n) is 4.28. The Morgan fingerprint density at radius 1 is 1.16 bits per heavy atom. The normalized spacial score (nSPS) is 15.4. The Balaban J connectivity index is 0.000000375. The molecule has 1 aromatic carbocycles. The molecule has 4 rings (SSSR count). The van der Waals surface area contributed by atoms with E-state index in [9.17, 15) is 9.59 Å². The lowest BCUT2D eigenvalue weighted by atomic mass is 9.87. The molecule has 1 aliphatic heterocycles. The molecule has 198 valence electrons. The van der Waals surface area contributed by atoms with E-state index in [2.05, 4.69) is 60.3 Å². The molecule has 2 atom stereocenters. The number of aldehydes is 1. The molecule has 3 aromatic rings. The van der Waals surface area contributed by atoms with E-state index in [1.807, 2.05) is 42.4 Å². The fraction of sp³-hybridized carbons (Fsp3) is 0.367. The fourth-order valence-corrected chi connectivity index (χ4v) is 4.28. The second-order valence-corrected chi connectivity index (χ2v) is 10.3. The lowest BCUT2D eigenvalue weighted by Crippen LogP contribution is -2.38. The number of likely N-dealkylation sites (N-methyl/N-ethyl adjacent to an activating group) is 1. The molecule has 3 heterocycles. The molecule has 0 aliphatic carbocycles. The first-order valence-electron chi connectivity index (χ1n) is 12.8. The van der Waals surface area contributed by atoms with Gasteiger partial charge in [0.05, 0.1) is 6.04 Å². The Kier molecular flexibility index (Phi) is 9.94. The van der Waals surface area contributed by atoms with E-state index in [1.54, 1.807) is 24.8 Å². The van der Waals surface area contributed by atoms with Crippen LogP contribution in [0.15, 0.2) is 73.3 Å². The van der Waals surface area contributed by atoms with Crippen molar-refractivity contribution in [3.63, 3.8) is 0 Å². The molecule has 2 unspecified atom stereocenters. The van der Waals surface area contributed by atoms with Crippen molar-refractivity contribution in [3.8, 4) is 6.19 Å². The Morgan fingerprint density at radius 3 is 2.42 bits per heavy atom. The molecule has 0 bridgehead atoms. The molecule has 1 aliphatic rings. The predicted octanol–water partition coefficient (Wildman–Crippen LogP) is 4.40. The van der Waals surface area contributed by atoms with E-state index in [0.717, 1.165) is 42.5 Å². The number of benzene rings is 1. The smallest absolute Gasteiger partial charge is 0.247 e. The van der Waals surface area contributed by atoms with E-state index in [-0.39, 0.29) is 17.4 Å². The lowest BCUT2D eigenvalue weighted by Gasteiger charge is -2.30. The maximum absolute atomic E-state index is 13.2. The van der Waals surface area contributed by atoms with Crippen molar-refractivity contribution in [3.05, 3.63) is 90.0 Å². The van der Waals surface area contributed by atoms with Gasteiger partial charge in [0, 0.05) is 56.2 Å². The number of nitrogens with zero attached hydrogens (tertiary/aromatic N) is 5. The Bertz CT molecular complexity index is 1200.